The Morgan fingerprint density at radius 3 is 2.65 bits per heavy atom. The molecule has 10 heteroatoms. The summed E-state index contributed by atoms with van der Waals surface area (Å²) >= 11 is 13.9. The highest BCUT2D eigenvalue weighted by atomic mass is 35.5. The lowest BCUT2D eigenvalue weighted by Crippen LogP contribution is -2.37. The maximum atomic E-state index is 12.8. The minimum atomic E-state index is -0.338. The van der Waals surface area contributed by atoms with Crippen molar-refractivity contribution in [3.05, 3.63) is 57.0 Å². The molecule has 3 heterocycles. The standard InChI is InChI=1S/C24H24Cl2N4O3S/c1-3-33-23(32)15-6-8-30(9-7-15)21-19(26)11-17(12-27-21)22(31)29-24-28-20(13-34-24)16-4-5-18(25)14(2)10-16/h4-5,10-13,15H,3,6-9H2,1-2H3,(H,28,29,31). The number of pyridine rings is 1. The lowest BCUT2D eigenvalue weighted by atomic mass is 9.97. The Balaban J connectivity index is 1.39. The zero-order valence-electron chi connectivity index (χ0n) is 18.8. The lowest BCUT2D eigenvalue weighted by molar-refractivity contribution is -0.148. The molecule has 0 spiro atoms. The van der Waals surface area contributed by atoms with Gasteiger partial charge in [-0.05, 0) is 50.5 Å². The number of benzene rings is 1. The SMILES string of the molecule is CCOC(=O)C1CCN(c2ncc(C(=O)Nc3nc(-c4ccc(Cl)c(C)c4)cs3)cc2Cl)CC1. The van der Waals surface area contributed by atoms with Crippen molar-refractivity contribution in [2.45, 2.75) is 26.7 Å². The molecule has 0 atom stereocenters. The molecule has 7 nitrogen and oxygen atoms in total. The summed E-state index contributed by atoms with van der Waals surface area (Å²) in [5, 5.41) is 6.26. The van der Waals surface area contributed by atoms with Crippen molar-refractivity contribution < 1.29 is 14.3 Å². The fraction of sp³-hybridized carbons (Fsp3) is 0.333. The van der Waals surface area contributed by atoms with Gasteiger partial charge in [0.25, 0.3) is 5.91 Å². The van der Waals surface area contributed by atoms with E-state index in [9.17, 15) is 9.59 Å². The molecule has 1 fully saturated rings. The second-order valence-corrected chi connectivity index (χ2v) is 9.67. The molecular weight excluding hydrogens is 495 g/mol. The van der Waals surface area contributed by atoms with Crippen molar-refractivity contribution in [1.82, 2.24) is 9.97 Å². The summed E-state index contributed by atoms with van der Waals surface area (Å²) < 4.78 is 5.12. The second kappa shape index (κ2) is 10.7. The number of nitrogens with zero attached hydrogens (tertiary/aromatic N) is 3. The first-order chi connectivity index (χ1) is 16.4. The number of carbonyl (C=O) groups is 2. The van der Waals surface area contributed by atoms with Gasteiger partial charge in [-0.2, -0.15) is 0 Å². The van der Waals surface area contributed by atoms with E-state index in [1.54, 1.807) is 6.07 Å². The Hall–Kier alpha value is -2.68. The molecule has 178 valence electrons. The van der Waals surface area contributed by atoms with Crippen LogP contribution in [0.4, 0.5) is 10.9 Å². The van der Waals surface area contributed by atoms with Crippen molar-refractivity contribution in [2.24, 2.45) is 5.92 Å². The van der Waals surface area contributed by atoms with Crippen LogP contribution in [0.15, 0.2) is 35.8 Å². The van der Waals surface area contributed by atoms with Crippen LogP contribution in [0.3, 0.4) is 0 Å². The molecule has 1 aromatic carbocycles. The highest BCUT2D eigenvalue weighted by Gasteiger charge is 2.27. The first-order valence-electron chi connectivity index (χ1n) is 11.0. The molecule has 1 amide bonds. The van der Waals surface area contributed by atoms with Crippen molar-refractivity contribution in [1.29, 1.82) is 0 Å². The average Bonchev–Trinajstić information content (AvgIpc) is 3.29. The molecule has 0 radical (unpaired) electrons. The summed E-state index contributed by atoms with van der Waals surface area (Å²) in [5.41, 5.74) is 3.00. The number of nitrogens with one attached hydrogen (secondary N) is 1. The molecule has 34 heavy (non-hydrogen) atoms. The Morgan fingerprint density at radius 1 is 1.21 bits per heavy atom. The van der Waals surface area contributed by atoms with Gasteiger partial charge in [0.1, 0.15) is 5.82 Å². The van der Waals surface area contributed by atoms with E-state index in [0.29, 0.717) is 59.1 Å². The van der Waals surface area contributed by atoms with E-state index >= 15 is 0 Å². The van der Waals surface area contributed by atoms with Gasteiger partial charge in [-0.15, -0.1) is 11.3 Å². The van der Waals surface area contributed by atoms with Gasteiger partial charge in [0.2, 0.25) is 0 Å². The third-order valence-electron chi connectivity index (χ3n) is 5.68. The fourth-order valence-corrected chi connectivity index (χ4v) is 4.93. The number of thiazole rings is 1. The number of aromatic nitrogens is 2. The van der Waals surface area contributed by atoms with Crippen molar-refractivity contribution in [3.8, 4) is 11.3 Å². The van der Waals surface area contributed by atoms with Gasteiger partial charge in [-0.1, -0.05) is 29.3 Å². The van der Waals surface area contributed by atoms with E-state index in [-0.39, 0.29) is 17.8 Å². The highest BCUT2D eigenvalue weighted by molar-refractivity contribution is 7.14. The van der Waals surface area contributed by atoms with Gasteiger partial charge in [0.15, 0.2) is 5.13 Å². The molecular formula is C24H24Cl2N4O3S. The van der Waals surface area contributed by atoms with Crippen LogP contribution in [-0.2, 0) is 9.53 Å². The predicted octanol–water partition coefficient (Wildman–Crippen LogP) is 5.85. The minimum Gasteiger partial charge on any atom is -0.466 e. The van der Waals surface area contributed by atoms with Crippen LogP contribution >= 0.6 is 34.5 Å². The number of piperidine rings is 1. The van der Waals surface area contributed by atoms with Crippen molar-refractivity contribution >= 4 is 57.4 Å². The van der Waals surface area contributed by atoms with Crippen molar-refractivity contribution in [3.63, 3.8) is 0 Å². The summed E-state index contributed by atoms with van der Waals surface area (Å²) in [7, 11) is 0. The van der Waals surface area contributed by atoms with Gasteiger partial charge < -0.3 is 9.64 Å². The summed E-state index contributed by atoms with van der Waals surface area (Å²) in [6, 6.07) is 7.29. The summed E-state index contributed by atoms with van der Waals surface area (Å²) in [6.45, 7) is 5.42. The molecule has 3 aromatic rings. The molecule has 1 saturated heterocycles. The third kappa shape index (κ3) is 5.51. The molecule has 2 aromatic heterocycles. The van der Waals surface area contributed by atoms with Crippen LogP contribution in [0.2, 0.25) is 10.0 Å². The number of rotatable bonds is 6. The van der Waals surface area contributed by atoms with E-state index in [1.165, 1.54) is 17.5 Å². The summed E-state index contributed by atoms with van der Waals surface area (Å²) in [6.07, 6.45) is 2.86. The van der Waals surface area contributed by atoms with E-state index in [4.69, 9.17) is 27.9 Å². The zero-order valence-corrected chi connectivity index (χ0v) is 21.1. The Morgan fingerprint density at radius 2 is 1.97 bits per heavy atom. The van der Waals surface area contributed by atoms with Crippen LogP contribution in [-0.4, -0.2) is 41.5 Å². The Bertz CT molecular complexity index is 1210. The highest BCUT2D eigenvalue weighted by Crippen LogP contribution is 2.30. The number of anilines is 2. The van der Waals surface area contributed by atoms with Gasteiger partial charge in [0.05, 0.1) is 28.8 Å². The predicted molar refractivity (Wildman–Crippen MR) is 136 cm³/mol. The number of ether oxygens (including phenoxy) is 1. The van der Waals surface area contributed by atoms with Crippen LogP contribution < -0.4 is 10.2 Å². The van der Waals surface area contributed by atoms with E-state index < -0.39 is 0 Å². The van der Waals surface area contributed by atoms with E-state index in [0.717, 1.165) is 16.8 Å². The first kappa shape index (κ1) is 24.4. The molecule has 1 N–H and O–H groups in total. The topological polar surface area (TPSA) is 84.4 Å². The van der Waals surface area contributed by atoms with Gasteiger partial charge in [-0.3, -0.25) is 14.9 Å². The smallest absolute Gasteiger partial charge is 0.309 e. The van der Waals surface area contributed by atoms with Gasteiger partial charge in [0, 0.05) is 35.3 Å². The quantitative estimate of drug-likeness (QED) is 0.411. The first-order valence-corrected chi connectivity index (χ1v) is 12.6. The average molecular weight is 519 g/mol. The third-order valence-corrected chi connectivity index (χ3v) is 7.14. The number of hydrogen-bond donors (Lipinski definition) is 1. The molecule has 0 aliphatic carbocycles. The Labute approximate surface area is 212 Å². The summed E-state index contributed by atoms with van der Waals surface area (Å²) in [5.74, 6) is 0.0232. The largest absolute Gasteiger partial charge is 0.466 e. The van der Waals surface area contributed by atoms with Crippen molar-refractivity contribution in [2.75, 3.05) is 29.9 Å². The van der Waals surface area contributed by atoms with Crippen LogP contribution in [0.1, 0.15) is 35.7 Å². The molecule has 4 rings (SSSR count). The normalized spacial score (nSPS) is 14.2. The summed E-state index contributed by atoms with van der Waals surface area (Å²) in [4.78, 5) is 35.7. The maximum absolute atomic E-state index is 12.8. The van der Waals surface area contributed by atoms with Gasteiger partial charge >= 0.3 is 5.97 Å². The monoisotopic (exact) mass is 518 g/mol. The van der Waals surface area contributed by atoms with E-state index in [1.807, 2.05) is 42.3 Å². The maximum Gasteiger partial charge on any atom is 0.309 e. The van der Waals surface area contributed by atoms with E-state index in [2.05, 4.69) is 15.3 Å². The molecule has 0 bridgehead atoms. The fourth-order valence-electron chi connectivity index (χ4n) is 3.81. The lowest BCUT2D eigenvalue weighted by Gasteiger charge is -2.32. The number of halogens is 2. The van der Waals surface area contributed by atoms with Crippen LogP contribution in [0, 0.1) is 12.8 Å². The zero-order chi connectivity index (χ0) is 24.2. The molecule has 1 aliphatic heterocycles. The van der Waals surface area contributed by atoms with Crippen LogP contribution in [0.25, 0.3) is 11.3 Å². The number of aryl methyl sites for hydroxylation is 1. The minimum absolute atomic E-state index is 0.0972. The van der Waals surface area contributed by atoms with Crippen LogP contribution in [0.5, 0.6) is 0 Å². The number of hydrogen-bond acceptors (Lipinski definition) is 7. The number of amides is 1. The second-order valence-electron chi connectivity index (χ2n) is 8.00. The Kier molecular flexibility index (Phi) is 7.70. The number of carbonyl (C=O) groups excluding carboxylic acids is 2. The van der Waals surface area contributed by atoms with Gasteiger partial charge in [-0.25, -0.2) is 9.97 Å². The molecule has 0 unspecified atom stereocenters. The molecule has 0 saturated carbocycles. The molecule has 1 aliphatic rings. The number of esters is 1.